The number of para-hydroxylation sites is 1. The van der Waals surface area contributed by atoms with Crippen molar-refractivity contribution in [3.8, 4) is 0 Å². The lowest BCUT2D eigenvalue weighted by Crippen LogP contribution is -2.29. The Morgan fingerprint density at radius 3 is 2.48 bits per heavy atom. The summed E-state index contributed by atoms with van der Waals surface area (Å²) in [7, 11) is 0. The summed E-state index contributed by atoms with van der Waals surface area (Å²) in [4.78, 5) is 15.2. The molecule has 1 heterocycles. The molecule has 0 bridgehead atoms. The molecule has 0 fully saturated rings. The summed E-state index contributed by atoms with van der Waals surface area (Å²) >= 11 is 6.99. The number of anilines is 2. The molecular weight excluding hydrogens is 347 g/mol. The number of nitrogens with zero attached hydrogens (tertiary/aromatic N) is 1. The van der Waals surface area contributed by atoms with Gasteiger partial charge >= 0.3 is 6.18 Å². The lowest BCUT2D eigenvalue weighted by molar-refractivity contribution is -0.137. The topological polar surface area (TPSA) is 20.3 Å². The first kappa shape index (κ1) is 16.2. The second kappa shape index (κ2) is 6.09. The molecule has 0 radical (unpaired) electrons. The Morgan fingerprint density at radius 2 is 1.78 bits per heavy atom. The van der Waals surface area contributed by atoms with Crippen molar-refractivity contribution in [1.82, 2.24) is 0 Å². The van der Waals surface area contributed by atoms with E-state index in [4.69, 9.17) is 11.6 Å². The Labute approximate surface area is 140 Å². The van der Waals surface area contributed by atoms with E-state index >= 15 is 0 Å². The summed E-state index contributed by atoms with van der Waals surface area (Å²) in [6.07, 6.45) is -4.41. The largest absolute Gasteiger partial charge is 0.416 e. The fourth-order valence-corrected chi connectivity index (χ4v) is 3.59. The first-order chi connectivity index (χ1) is 10.9. The highest BCUT2D eigenvalue weighted by Crippen LogP contribution is 2.49. The molecule has 23 heavy (non-hydrogen) atoms. The second-order valence-corrected chi connectivity index (χ2v) is 6.38. The van der Waals surface area contributed by atoms with Crippen LogP contribution in [0.2, 0.25) is 0 Å². The van der Waals surface area contributed by atoms with Crippen LogP contribution in [0.4, 0.5) is 24.5 Å². The van der Waals surface area contributed by atoms with Crippen LogP contribution in [0.25, 0.3) is 0 Å². The molecular formula is C16H11ClF3NOS. The van der Waals surface area contributed by atoms with Crippen LogP contribution in [-0.4, -0.2) is 11.8 Å². The number of carbonyl (C=O) groups is 1. The first-order valence-corrected chi connectivity index (χ1v) is 8.14. The van der Waals surface area contributed by atoms with Gasteiger partial charge in [-0.05, 0) is 30.3 Å². The molecule has 0 saturated heterocycles. The molecule has 7 heteroatoms. The van der Waals surface area contributed by atoms with E-state index in [1.165, 1.54) is 22.7 Å². The Balaban J connectivity index is 2.16. The number of rotatable bonds is 2. The third kappa shape index (κ3) is 3.05. The fraction of sp³-hybridized carbons (Fsp3) is 0.188. The normalized spacial score (nSPS) is 13.5. The Bertz CT molecular complexity index is 763. The molecule has 0 atom stereocenters. The monoisotopic (exact) mass is 357 g/mol. The Morgan fingerprint density at radius 1 is 1.09 bits per heavy atom. The number of alkyl halides is 4. The Hall–Kier alpha value is -1.66. The van der Waals surface area contributed by atoms with Crippen molar-refractivity contribution in [1.29, 1.82) is 0 Å². The van der Waals surface area contributed by atoms with Crippen LogP contribution >= 0.6 is 23.4 Å². The molecule has 2 nitrogen and oxygen atoms in total. The molecule has 120 valence electrons. The molecule has 2 aromatic rings. The van der Waals surface area contributed by atoms with Crippen LogP contribution < -0.4 is 4.90 Å². The lowest BCUT2D eigenvalue weighted by Gasteiger charge is -2.31. The van der Waals surface area contributed by atoms with Gasteiger partial charge in [0.2, 0.25) is 5.91 Å². The highest BCUT2D eigenvalue weighted by molar-refractivity contribution is 7.99. The van der Waals surface area contributed by atoms with Crippen LogP contribution in [-0.2, 0) is 11.0 Å². The summed E-state index contributed by atoms with van der Waals surface area (Å²) in [6, 6.07) is 10.6. The van der Waals surface area contributed by atoms with Crippen LogP contribution in [0.15, 0.2) is 52.3 Å². The number of hydrogen-bond acceptors (Lipinski definition) is 2. The van der Waals surface area contributed by atoms with Crippen molar-refractivity contribution in [3.05, 3.63) is 48.0 Å². The standard InChI is InChI=1S/C16H11ClF3NOS/c17-8-7-15(22)21-11-3-1-2-4-13(11)23-14-6-5-10(9-12(14)21)16(18,19)20/h1-6,9H,7-8H2. The maximum absolute atomic E-state index is 13.0. The molecule has 0 spiro atoms. The number of fused-ring (bicyclic) bond motifs is 2. The molecule has 0 aromatic heterocycles. The van der Waals surface area contributed by atoms with Gasteiger partial charge in [-0.15, -0.1) is 11.6 Å². The summed E-state index contributed by atoms with van der Waals surface area (Å²) in [6.45, 7) is 0. The number of carbonyl (C=O) groups excluding carboxylic acids is 1. The lowest BCUT2D eigenvalue weighted by atomic mass is 10.1. The average Bonchev–Trinajstić information content (AvgIpc) is 2.51. The van der Waals surface area contributed by atoms with Crippen molar-refractivity contribution in [2.75, 3.05) is 10.8 Å². The van der Waals surface area contributed by atoms with E-state index in [9.17, 15) is 18.0 Å². The first-order valence-electron chi connectivity index (χ1n) is 6.79. The molecule has 1 amide bonds. The molecule has 2 aromatic carbocycles. The minimum atomic E-state index is -4.46. The smallest absolute Gasteiger partial charge is 0.279 e. The summed E-state index contributed by atoms with van der Waals surface area (Å²) < 4.78 is 39.0. The van der Waals surface area contributed by atoms with Crippen LogP contribution in [0.5, 0.6) is 0 Å². The van der Waals surface area contributed by atoms with Crippen LogP contribution in [0.3, 0.4) is 0 Å². The van der Waals surface area contributed by atoms with Gasteiger partial charge in [-0.3, -0.25) is 9.69 Å². The van der Waals surface area contributed by atoms with E-state index in [0.717, 1.165) is 17.0 Å². The average molecular weight is 358 g/mol. The highest BCUT2D eigenvalue weighted by Gasteiger charge is 2.34. The van der Waals surface area contributed by atoms with E-state index in [-0.39, 0.29) is 23.9 Å². The summed E-state index contributed by atoms with van der Waals surface area (Å²) in [5.41, 5.74) is 0.0537. The van der Waals surface area contributed by atoms with Crippen LogP contribution in [0.1, 0.15) is 12.0 Å². The summed E-state index contributed by atoms with van der Waals surface area (Å²) in [5, 5.41) is 0. The molecule has 1 aliphatic heterocycles. The molecule has 0 aliphatic carbocycles. The van der Waals surface area contributed by atoms with Gasteiger partial charge in [-0.1, -0.05) is 23.9 Å². The quantitative estimate of drug-likeness (QED) is 0.665. The Kier molecular flexibility index (Phi) is 4.29. The maximum atomic E-state index is 13.0. The van der Waals surface area contributed by atoms with Crippen molar-refractivity contribution >= 4 is 40.6 Å². The van der Waals surface area contributed by atoms with Gasteiger partial charge in [0, 0.05) is 22.1 Å². The zero-order valence-corrected chi connectivity index (χ0v) is 13.3. The van der Waals surface area contributed by atoms with Gasteiger partial charge in [-0.2, -0.15) is 13.2 Å². The van der Waals surface area contributed by atoms with E-state index in [1.807, 2.05) is 12.1 Å². The van der Waals surface area contributed by atoms with Gasteiger partial charge in [0.05, 0.1) is 16.9 Å². The third-order valence-electron chi connectivity index (χ3n) is 3.41. The summed E-state index contributed by atoms with van der Waals surface area (Å²) in [5.74, 6) is -0.216. The number of halogens is 4. The van der Waals surface area contributed by atoms with Gasteiger partial charge in [-0.25, -0.2) is 0 Å². The highest BCUT2D eigenvalue weighted by atomic mass is 35.5. The number of amides is 1. The number of benzene rings is 2. The number of hydrogen-bond donors (Lipinski definition) is 0. The van der Waals surface area contributed by atoms with Gasteiger partial charge in [0.1, 0.15) is 0 Å². The third-order valence-corrected chi connectivity index (χ3v) is 4.73. The molecule has 1 aliphatic rings. The van der Waals surface area contributed by atoms with Crippen molar-refractivity contribution in [2.24, 2.45) is 0 Å². The molecule has 0 unspecified atom stereocenters. The van der Waals surface area contributed by atoms with Gasteiger partial charge in [0.15, 0.2) is 0 Å². The van der Waals surface area contributed by atoms with E-state index < -0.39 is 11.7 Å². The van der Waals surface area contributed by atoms with E-state index in [2.05, 4.69) is 0 Å². The van der Waals surface area contributed by atoms with Gasteiger partial charge < -0.3 is 0 Å². The minimum absolute atomic E-state index is 0.0518. The predicted molar refractivity (Wildman–Crippen MR) is 84.5 cm³/mol. The van der Waals surface area contributed by atoms with Crippen LogP contribution in [0, 0.1) is 0 Å². The van der Waals surface area contributed by atoms with Gasteiger partial charge in [0.25, 0.3) is 0 Å². The molecule has 3 rings (SSSR count). The van der Waals surface area contributed by atoms with E-state index in [0.29, 0.717) is 10.6 Å². The maximum Gasteiger partial charge on any atom is 0.416 e. The van der Waals surface area contributed by atoms with Crippen molar-refractivity contribution in [2.45, 2.75) is 22.4 Å². The fourth-order valence-electron chi connectivity index (χ4n) is 2.39. The molecule has 0 N–H and O–H groups in total. The molecule has 0 saturated carbocycles. The van der Waals surface area contributed by atoms with Crippen molar-refractivity contribution < 1.29 is 18.0 Å². The SMILES string of the molecule is O=C(CCCl)N1c2ccccc2Sc2ccc(C(F)(F)F)cc21. The zero-order valence-electron chi connectivity index (χ0n) is 11.7. The second-order valence-electron chi connectivity index (χ2n) is 4.92. The zero-order chi connectivity index (χ0) is 16.6. The van der Waals surface area contributed by atoms with E-state index in [1.54, 1.807) is 12.1 Å². The predicted octanol–water partition coefficient (Wildman–Crippen LogP) is 5.46. The van der Waals surface area contributed by atoms with Crippen molar-refractivity contribution in [3.63, 3.8) is 0 Å². The minimum Gasteiger partial charge on any atom is -0.279 e.